The van der Waals surface area contributed by atoms with Crippen LogP contribution in [-0.4, -0.2) is 16.1 Å². The van der Waals surface area contributed by atoms with Gasteiger partial charge >= 0.3 is 0 Å². The SMILES string of the molecule is C[C@H](CC/C=C/C(=O)Nc1ccccc1N)[C@H](O)c1cc(Br)cc(Br)c1O. The zero-order valence-corrected chi connectivity index (χ0v) is 18.0. The van der Waals surface area contributed by atoms with Gasteiger partial charge in [-0.2, -0.15) is 0 Å². The van der Waals surface area contributed by atoms with Crippen molar-refractivity contribution in [1.29, 1.82) is 0 Å². The largest absolute Gasteiger partial charge is 0.506 e. The number of halogens is 2. The lowest BCUT2D eigenvalue weighted by atomic mass is 9.93. The fraction of sp³-hybridized carbons (Fsp3) is 0.250. The van der Waals surface area contributed by atoms with Gasteiger partial charge in [-0.25, -0.2) is 0 Å². The highest BCUT2D eigenvalue weighted by molar-refractivity contribution is 9.11. The number of hydrogen-bond donors (Lipinski definition) is 4. The van der Waals surface area contributed by atoms with E-state index in [2.05, 4.69) is 37.2 Å². The summed E-state index contributed by atoms with van der Waals surface area (Å²) in [4.78, 5) is 11.9. The molecule has 2 aromatic rings. The molecule has 5 nitrogen and oxygen atoms in total. The van der Waals surface area contributed by atoms with Crippen LogP contribution >= 0.6 is 31.9 Å². The minimum Gasteiger partial charge on any atom is -0.506 e. The van der Waals surface area contributed by atoms with E-state index in [1.165, 1.54) is 6.08 Å². The molecule has 0 aliphatic rings. The fourth-order valence-electron chi connectivity index (χ4n) is 2.61. The van der Waals surface area contributed by atoms with E-state index in [1.807, 2.05) is 6.92 Å². The third-order valence-electron chi connectivity index (χ3n) is 4.19. The second kappa shape index (κ2) is 9.92. The highest BCUT2D eigenvalue weighted by Crippen LogP contribution is 2.38. The maximum atomic E-state index is 11.9. The first kappa shape index (κ1) is 21.5. The summed E-state index contributed by atoms with van der Waals surface area (Å²) in [5, 5.41) is 23.4. The predicted molar refractivity (Wildman–Crippen MR) is 115 cm³/mol. The van der Waals surface area contributed by atoms with Crippen LogP contribution in [0.15, 0.2) is 57.5 Å². The second-order valence-electron chi connectivity index (χ2n) is 6.30. The van der Waals surface area contributed by atoms with Gasteiger partial charge in [0.25, 0.3) is 0 Å². The predicted octanol–water partition coefficient (Wildman–Crippen LogP) is 5.14. The molecule has 5 N–H and O–H groups in total. The summed E-state index contributed by atoms with van der Waals surface area (Å²) >= 11 is 6.63. The van der Waals surface area contributed by atoms with Gasteiger partial charge in [-0.15, -0.1) is 0 Å². The minimum absolute atomic E-state index is 0.0351. The molecule has 0 fully saturated rings. The van der Waals surface area contributed by atoms with Crippen LogP contribution in [0.1, 0.15) is 31.4 Å². The molecule has 27 heavy (non-hydrogen) atoms. The Kier molecular flexibility index (Phi) is 7.89. The van der Waals surface area contributed by atoms with Crippen LogP contribution in [0, 0.1) is 5.92 Å². The zero-order chi connectivity index (χ0) is 20.0. The van der Waals surface area contributed by atoms with E-state index in [0.717, 1.165) is 4.47 Å². The second-order valence-corrected chi connectivity index (χ2v) is 8.07. The first-order valence-corrected chi connectivity index (χ1v) is 10.1. The van der Waals surface area contributed by atoms with E-state index in [-0.39, 0.29) is 17.6 Å². The molecule has 7 heteroatoms. The Bertz CT molecular complexity index is 840. The number of nitrogen functional groups attached to an aromatic ring is 1. The van der Waals surface area contributed by atoms with Crippen LogP contribution in [-0.2, 0) is 4.79 Å². The smallest absolute Gasteiger partial charge is 0.248 e. The van der Waals surface area contributed by atoms with Gasteiger partial charge < -0.3 is 21.3 Å². The molecule has 0 aromatic heterocycles. The maximum absolute atomic E-state index is 11.9. The molecule has 0 bridgehead atoms. The highest BCUT2D eigenvalue weighted by Gasteiger charge is 2.21. The first-order valence-electron chi connectivity index (χ1n) is 8.47. The number of aliphatic hydroxyl groups excluding tert-OH is 1. The van der Waals surface area contributed by atoms with Crippen molar-refractivity contribution in [2.45, 2.75) is 25.9 Å². The van der Waals surface area contributed by atoms with E-state index in [9.17, 15) is 15.0 Å². The van der Waals surface area contributed by atoms with Gasteiger partial charge in [-0.1, -0.05) is 41.1 Å². The number of allylic oxidation sites excluding steroid dienone is 1. The number of nitrogens with two attached hydrogens (primary N) is 1. The van der Waals surface area contributed by atoms with E-state index in [1.54, 1.807) is 42.5 Å². The molecule has 0 spiro atoms. The fourth-order valence-corrected chi connectivity index (χ4v) is 3.87. The topological polar surface area (TPSA) is 95.6 Å². The molecule has 2 aromatic carbocycles. The van der Waals surface area contributed by atoms with E-state index in [0.29, 0.717) is 34.3 Å². The molecule has 0 saturated carbocycles. The highest BCUT2D eigenvalue weighted by atomic mass is 79.9. The van der Waals surface area contributed by atoms with Gasteiger partial charge in [0, 0.05) is 10.0 Å². The van der Waals surface area contributed by atoms with Crippen molar-refractivity contribution in [3.63, 3.8) is 0 Å². The zero-order valence-electron chi connectivity index (χ0n) is 14.8. The molecule has 2 rings (SSSR count). The lowest BCUT2D eigenvalue weighted by molar-refractivity contribution is -0.111. The summed E-state index contributed by atoms with van der Waals surface area (Å²) in [6.07, 6.45) is 3.67. The summed E-state index contributed by atoms with van der Waals surface area (Å²) < 4.78 is 1.29. The molecular formula is C20H22Br2N2O3. The van der Waals surface area contributed by atoms with Crippen molar-refractivity contribution < 1.29 is 15.0 Å². The summed E-state index contributed by atoms with van der Waals surface area (Å²) in [5.74, 6) is -0.322. The van der Waals surface area contributed by atoms with Crippen molar-refractivity contribution in [2.24, 2.45) is 5.92 Å². The van der Waals surface area contributed by atoms with Gasteiger partial charge in [0.05, 0.1) is 22.0 Å². The number of carbonyl (C=O) groups excluding carboxylic acids is 1. The number of benzene rings is 2. The average molecular weight is 498 g/mol. The summed E-state index contributed by atoms with van der Waals surface area (Å²) in [6, 6.07) is 10.5. The van der Waals surface area contributed by atoms with Gasteiger partial charge in [-0.3, -0.25) is 4.79 Å². The number of phenols is 1. The van der Waals surface area contributed by atoms with Gasteiger partial charge in [-0.05, 0) is 65.0 Å². The molecule has 2 atom stereocenters. The average Bonchev–Trinajstić information content (AvgIpc) is 2.63. The quantitative estimate of drug-likeness (QED) is 0.314. The number of amides is 1. The summed E-state index contributed by atoms with van der Waals surface area (Å²) in [5.41, 5.74) is 7.34. The molecule has 0 heterocycles. The van der Waals surface area contributed by atoms with E-state index < -0.39 is 6.10 Å². The van der Waals surface area contributed by atoms with Crippen LogP contribution in [0.2, 0.25) is 0 Å². The number of rotatable bonds is 7. The number of nitrogens with one attached hydrogen (secondary N) is 1. The number of aromatic hydroxyl groups is 1. The third-order valence-corrected chi connectivity index (χ3v) is 5.25. The summed E-state index contributed by atoms with van der Waals surface area (Å²) in [6.45, 7) is 1.90. The number of phenolic OH excluding ortho intramolecular Hbond substituents is 1. The van der Waals surface area contributed by atoms with Crippen LogP contribution in [0.25, 0.3) is 0 Å². The number of anilines is 2. The number of aliphatic hydroxyl groups is 1. The Balaban J connectivity index is 1.88. The number of hydrogen-bond acceptors (Lipinski definition) is 4. The molecule has 0 aliphatic heterocycles. The van der Waals surface area contributed by atoms with E-state index >= 15 is 0 Å². The molecule has 1 amide bonds. The molecule has 0 unspecified atom stereocenters. The van der Waals surface area contributed by atoms with Crippen LogP contribution < -0.4 is 11.1 Å². The monoisotopic (exact) mass is 496 g/mol. The molecular weight excluding hydrogens is 476 g/mol. The molecule has 144 valence electrons. The van der Waals surface area contributed by atoms with Crippen molar-refractivity contribution >= 4 is 49.1 Å². The van der Waals surface area contributed by atoms with Crippen LogP contribution in [0.5, 0.6) is 5.75 Å². The van der Waals surface area contributed by atoms with Crippen molar-refractivity contribution in [3.05, 3.63) is 63.1 Å². The van der Waals surface area contributed by atoms with Crippen molar-refractivity contribution in [3.8, 4) is 5.75 Å². The van der Waals surface area contributed by atoms with Gasteiger partial charge in [0.15, 0.2) is 0 Å². The Morgan fingerprint density at radius 3 is 2.70 bits per heavy atom. The lowest BCUT2D eigenvalue weighted by Crippen LogP contribution is -2.10. The standard InChI is InChI=1S/C20H22Br2N2O3/c1-12(19(26)14-10-13(21)11-15(22)20(14)27)6-2-5-9-18(25)24-17-8-4-3-7-16(17)23/h3-5,7-12,19,26-27H,2,6,23H2,1H3,(H,24,25)/b9-5+/t12-,19+/m1/s1. The first-order chi connectivity index (χ1) is 12.8. The van der Waals surface area contributed by atoms with Gasteiger partial charge in [0.2, 0.25) is 5.91 Å². The van der Waals surface area contributed by atoms with E-state index in [4.69, 9.17) is 5.73 Å². The normalized spacial score (nSPS) is 13.5. The van der Waals surface area contributed by atoms with Crippen molar-refractivity contribution in [2.75, 3.05) is 11.1 Å². The lowest BCUT2D eigenvalue weighted by Gasteiger charge is -2.20. The molecule has 0 radical (unpaired) electrons. The van der Waals surface area contributed by atoms with Crippen LogP contribution in [0.4, 0.5) is 11.4 Å². The Hall–Kier alpha value is -1.83. The maximum Gasteiger partial charge on any atom is 0.248 e. The third kappa shape index (κ3) is 6.09. The molecule has 0 aliphatic carbocycles. The molecule has 0 saturated heterocycles. The van der Waals surface area contributed by atoms with Crippen LogP contribution in [0.3, 0.4) is 0 Å². The van der Waals surface area contributed by atoms with Crippen molar-refractivity contribution in [1.82, 2.24) is 0 Å². The number of para-hydroxylation sites is 2. The Morgan fingerprint density at radius 2 is 2.00 bits per heavy atom. The summed E-state index contributed by atoms with van der Waals surface area (Å²) in [7, 11) is 0. The minimum atomic E-state index is -0.815. The number of carbonyl (C=O) groups is 1. The Morgan fingerprint density at radius 1 is 1.30 bits per heavy atom. The Labute approximate surface area is 175 Å². The van der Waals surface area contributed by atoms with Gasteiger partial charge in [0.1, 0.15) is 5.75 Å².